The van der Waals surface area contributed by atoms with Gasteiger partial charge < -0.3 is 15.2 Å². The molecule has 0 saturated carbocycles. The van der Waals surface area contributed by atoms with Crippen LogP contribution >= 0.6 is 0 Å². The Morgan fingerprint density at radius 2 is 2.19 bits per heavy atom. The number of nitrogens with two attached hydrogens (primary N) is 1. The number of hydrogen-bond donors (Lipinski definition) is 1. The molecule has 0 aliphatic rings. The Morgan fingerprint density at radius 3 is 2.88 bits per heavy atom. The van der Waals surface area contributed by atoms with Crippen LogP contribution in [-0.4, -0.2) is 24.8 Å². The van der Waals surface area contributed by atoms with Crippen molar-refractivity contribution in [1.29, 1.82) is 0 Å². The molecule has 2 N–H and O–H groups in total. The normalized spacial score (nSPS) is 10.4. The van der Waals surface area contributed by atoms with Crippen molar-refractivity contribution in [2.24, 2.45) is 5.73 Å². The maximum Gasteiger partial charge on any atom is 0.250 e. The molecule has 0 unspecified atom stereocenters. The van der Waals surface area contributed by atoms with Gasteiger partial charge >= 0.3 is 0 Å². The van der Waals surface area contributed by atoms with Crippen molar-refractivity contribution in [3.63, 3.8) is 0 Å². The van der Waals surface area contributed by atoms with Crippen molar-refractivity contribution in [1.82, 2.24) is 4.98 Å². The van der Waals surface area contributed by atoms with E-state index in [0.717, 1.165) is 6.42 Å². The van der Waals surface area contributed by atoms with Crippen molar-refractivity contribution >= 4 is 0 Å². The van der Waals surface area contributed by atoms with Gasteiger partial charge in [-0.2, -0.15) is 0 Å². The zero-order valence-corrected chi connectivity index (χ0v) is 9.41. The SMILES string of the molecule is CCCOCCOc1nccc(CN)c1F. The summed E-state index contributed by atoms with van der Waals surface area (Å²) in [4.78, 5) is 3.80. The number of aromatic nitrogens is 1. The van der Waals surface area contributed by atoms with Gasteiger partial charge in [-0.15, -0.1) is 0 Å². The lowest BCUT2D eigenvalue weighted by atomic mass is 10.2. The monoisotopic (exact) mass is 228 g/mol. The highest BCUT2D eigenvalue weighted by Crippen LogP contribution is 2.16. The predicted molar refractivity (Wildman–Crippen MR) is 58.7 cm³/mol. The second kappa shape index (κ2) is 7.14. The van der Waals surface area contributed by atoms with Gasteiger partial charge in [0.2, 0.25) is 0 Å². The van der Waals surface area contributed by atoms with Crippen LogP contribution in [0.2, 0.25) is 0 Å². The molecule has 0 spiro atoms. The number of halogens is 1. The topological polar surface area (TPSA) is 57.4 Å². The molecule has 0 atom stereocenters. The summed E-state index contributed by atoms with van der Waals surface area (Å²) in [6.07, 6.45) is 2.43. The summed E-state index contributed by atoms with van der Waals surface area (Å²) >= 11 is 0. The quantitative estimate of drug-likeness (QED) is 0.718. The summed E-state index contributed by atoms with van der Waals surface area (Å²) in [6, 6.07) is 1.54. The van der Waals surface area contributed by atoms with Gasteiger partial charge in [-0.1, -0.05) is 6.92 Å². The molecule has 16 heavy (non-hydrogen) atoms. The molecule has 1 aromatic rings. The Bertz CT molecular complexity index is 321. The summed E-state index contributed by atoms with van der Waals surface area (Å²) in [7, 11) is 0. The molecule has 90 valence electrons. The molecule has 1 aromatic heterocycles. The van der Waals surface area contributed by atoms with E-state index in [1.807, 2.05) is 6.92 Å². The zero-order valence-electron chi connectivity index (χ0n) is 9.41. The third kappa shape index (κ3) is 3.75. The largest absolute Gasteiger partial charge is 0.473 e. The molecule has 0 aliphatic carbocycles. The highest BCUT2D eigenvalue weighted by atomic mass is 19.1. The van der Waals surface area contributed by atoms with Crippen molar-refractivity contribution < 1.29 is 13.9 Å². The van der Waals surface area contributed by atoms with Crippen LogP contribution in [0.1, 0.15) is 18.9 Å². The van der Waals surface area contributed by atoms with E-state index >= 15 is 0 Å². The van der Waals surface area contributed by atoms with Crippen LogP contribution in [0.5, 0.6) is 5.88 Å². The molecule has 1 rings (SSSR count). The van der Waals surface area contributed by atoms with Crippen molar-refractivity contribution in [2.75, 3.05) is 19.8 Å². The second-order valence-corrected chi connectivity index (χ2v) is 3.25. The summed E-state index contributed by atoms with van der Waals surface area (Å²) < 4.78 is 23.9. The molecule has 0 radical (unpaired) electrons. The number of nitrogens with zero attached hydrogens (tertiary/aromatic N) is 1. The van der Waals surface area contributed by atoms with Gasteiger partial charge in [-0.25, -0.2) is 9.37 Å². The Kier molecular flexibility index (Phi) is 5.74. The third-order valence-corrected chi connectivity index (χ3v) is 1.97. The van der Waals surface area contributed by atoms with E-state index in [-0.39, 0.29) is 19.0 Å². The average Bonchev–Trinajstić information content (AvgIpc) is 2.31. The Balaban J connectivity index is 2.41. The summed E-state index contributed by atoms with van der Waals surface area (Å²) in [5, 5.41) is 0. The maximum atomic E-state index is 13.5. The van der Waals surface area contributed by atoms with E-state index in [4.69, 9.17) is 15.2 Å². The van der Waals surface area contributed by atoms with E-state index < -0.39 is 5.82 Å². The molecule has 0 fully saturated rings. The third-order valence-electron chi connectivity index (χ3n) is 1.97. The van der Waals surface area contributed by atoms with Gasteiger partial charge in [-0.3, -0.25) is 0 Å². The fourth-order valence-corrected chi connectivity index (χ4v) is 1.16. The highest BCUT2D eigenvalue weighted by molar-refractivity contribution is 5.23. The Labute approximate surface area is 94.6 Å². The Morgan fingerprint density at radius 1 is 1.38 bits per heavy atom. The molecule has 0 amide bonds. The molecular weight excluding hydrogens is 211 g/mol. The minimum Gasteiger partial charge on any atom is -0.473 e. The summed E-state index contributed by atoms with van der Waals surface area (Å²) in [5.74, 6) is -0.497. The molecule has 0 saturated heterocycles. The van der Waals surface area contributed by atoms with E-state index in [2.05, 4.69) is 4.98 Å². The zero-order chi connectivity index (χ0) is 11.8. The van der Waals surface area contributed by atoms with Crippen LogP contribution in [0.25, 0.3) is 0 Å². The predicted octanol–water partition coefficient (Wildman–Crippen LogP) is 1.48. The molecule has 0 aromatic carbocycles. The first kappa shape index (κ1) is 12.9. The minimum absolute atomic E-state index is 0.0111. The van der Waals surface area contributed by atoms with Crippen LogP contribution in [0.3, 0.4) is 0 Å². The second-order valence-electron chi connectivity index (χ2n) is 3.25. The van der Waals surface area contributed by atoms with Gasteiger partial charge in [0.1, 0.15) is 6.61 Å². The number of pyridine rings is 1. The van der Waals surface area contributed by atoms with Crippen LogP contribution in [-0.2, 0) is 11.3 Å². The van der Waals surface area contributed by atoms with Crippen molar-refractivity contribution in [3.05, 3.63) is 23.6 Å². The number of hydrogen-bond acceptors (Lipinski definition) is 4. The fraction of sp³-hybridized carbons (Fsp3) is 0.545. The van der Waals surface area contributed by atoms with E-state index in [1.54, 1.807) is 0 Å². The van der Waals surface area contributed by atoms with E-state index in [1.165, 1.54) is 12.3 Å². The van der Waals surface area contributed by atoms with Crippen LogP contribution in [0.15, 0.2) is 12.3 Å². The standard InChI is InChI=1S/C11H17FN2O2/c1-2-5-15-6-7-16-11-10(12)9(8-13)3-4-14-11/h3-4H,2,5-8,13H2,1H3. The molecule has 0 aliphatic heterocycles. The summed E-state index contributed by atoms with van der Waals surface area (Å²) in [6.45, 7) is 3.56. The fourth-order valence-electron chi connectivity index (χ4n) is 1.16. The maximum absolute atomic E-state index is 13.5. The molecule has 4 nitrogen and oxygen atoms in total. The molecule has 5 heteroatoms. The van der Waals surface area contributed by atoms with Gasteiger partial charge in [0.05, 0.1) is 6.61 Å². The van der Waals surface area contributed by atoms with Crippen molar-refractivity contribution in [2.45, 2.75) is 19.9 Å². The van der Waals surface area contributed by atoms with Crippen LogP contribution in [0, 0.1) is 5.82 Å². The lowest BCUT2D eigenvalue weighted by Gasteiger charge is -2.08. The van der Waals surface area contributed by atoms with Gasteiger partial charge in [0, 0.05) is 24.9 Å². The van der Waals surface area contributed by atoms with E-state index in [0.29, 0.717) is 18.8 Å². The van der Waals surface area contributed by atoms with E-state index in [9.17, 15) is 4.39 Å². The number of ether oxygens (including phenoxy) is 2. The van der Waals surface area contributed by atoms with Crippen molar-refractivity contribution in [3.8, 4) is 5.88 Å². The van der Waals surface area contributed by atoms with Gasteiger partial charge in [0.15, 0.2) is 5.82 Å². The lowest BCUT2D eigenvalue weighted by molar-refractivity contribution is 0.0973. The van der Waals surface area contributed by atoms with Gasteiger partial charge in [-0.05, 0) is 12.5 Å². The van der Waals surface area contributed by atoms with Crippen LogP contribution < -0.4 is 10.5 Å². The highest BCUT2D eigenvalue weighted by Gasteiger charge is 2.08. The lowest BCUT2D eigenvalue weighted by Crippen LogP contribution is -2.10. The Hall–Kier alpha value is -1.20. The molecular formula is C11H17FN2O2. The van der Waals surface area contributed by atoms with Crippen LogP contribution in [0.4, 0.5) is 4.39 Å². The molecule has 0 bridgehead atoms. The minimum atomic E-state index is -0.486. The average molecular weight is 228 g/mol. The first-order chi connectivity index (χ1) is 7.79. The first-order valence-electron chi connectivity index (χ1n) is 5.33. The number of rotatable bonds is 7. The van der Waals surface area contributed by atoms with Gasteiger partial charge in [0.25, 0.3) is 5.88 Å². The molecule has 1 heterocycles. The first-order valence-corrected chi connectivity index (χ1v) is 5.33. The smallest absolute Gasteiger partial charge is 0.250 e. The summed E-state index contributed by atoms with van der Waals surface area (Å²) in [5.41, 5.74) is 5.77.